The van der Waals surface area contributed by atoms with Gasteiger partial charge >= 0.3 is 0 Å². The van der Waals surface area contributed by atoms with Crippen LogP contribution in [0.2, 0.25) is 0 Å². The molecule has 3 heteroatoms. The third-order valence-electron chi connectivity index (χ3n) is 3.20. The van der Waals surface area contributed by atoms with Crippen molar-refractivity contribution in [2.75, 3.05) is 6.61 Å². The van der Waals surface area contributed by atoms with Crippen LogP contribution in [0.4, 0.5) is 0 Å². The Morgan fingerprint density at radius 2 is 1.89 bits per heavy atom. The second-order valence-electron chi connectivity index (χ2n) is 4.88. The van der Waals surface area contributed by atoms with Crippen LogP contribution in [0.5, 0.6) is 11.5 Å². The van der Waals surface area contributed by atoms with Gasteiger partial charge in [0, 0.05) is 6.42 Å². The van der Waals surface area contributed by atoms with Gasteiger partial charge in [0.15, 0.2) is 0 Å². The largest absolute Gasteiger partial charge is 0.494 e. The Bertz CT molecular complexity index is 347. The highest BCUT2D eigenvalue weighted by molar-refractivity contribution is 5.31. The Balaban J connectivity index is 1.85. The van der Waals surface area contributed by atoms with Crippen LogP contribution in [0, 0.1) is 0 Å². The maximum absolute atomic E-state index is 9.60. The van der Waals surface area contributed by atoms with E-state index >= 15 is 0 Å². The SMILES string of the molecule is CCCOc1ccc(OC2CCCC(O)C2)cc1. The molecule has 1 aliphatic rings. The highest BCUT2D eigenvalue weighted by Gasteiger charge is 2.21. The lowest BCUT2D eigenvalue weighted by Gasteiger charge is -2.26. The molecule has 0 heterocycles. The predicted octanol–water partition coefficient (Wildman–Crippen LogP) is 3.16. The maximum atomic E-state index is 9.60. The van der Waals surface area contributed by atoms with E-state index in [-0.39, 0.29) is 12.2 Å². The van der Waals surface area contributed by atoms with Crippen molar-refractivity contribution in [2.24, 2.45) is 0 Å². The normalized spacial score (nSPS) is 23.7. The summed E-state index contributed by atoms with van der Waals surface area (Å²) in [5.74, 6) is 1.74. The topological polar surface area (TPSA) is 38.7 Å². The van der Waals surface area contributed by atoms with Crippen molar-refractivity contribution >= 4 is 0 Å². The third kappa shape index (κ3) is 3.91. The van der Waals surface area contributed by atoms with Gasteiger partial charge in [-0.2, -0.15) is 0 Å². The summed E-state index contributed by atoms with van der Waals surface area (Å²) < 4.78 is 11.4. The van der Waals surface area contributed by atoms with Crippen LogP contribution in [0.25, 0.3) is 0 Å². The molecule has 1 N–H and O–H groups in total. The lowest BCUT2D eigenvalue weighted by Crippen LogP contribution is -2.28. The number of benzene rings is 1. The fourth-order valence-electron chi connectivity index (χ4n) is 2.25. The van der Waals surface area contributed by atoms with Crippen molar-refractivity contribution in [3.05, 3.63) is 24.3 Å². The van der Waals surface area contributed by atoms with Crippen molar-refractivity contribution in [2.45, 2.75) is 51.2 Å². The van der Waals surface area contributed by atoms with Crippen molar-refractivity contribution in [3.8, 4) is 11.5 Å². The number of rotatable bonds is 5. The molecule has 0 radical (unpaired) electrons. The van der Waals surface area contributed by atoms with Gasteiger partial charge in [-0.15, -0.1) is 0 Å². The molecule has 0 amide bonds. The predicted molar refractivity (Wildman–Crippen MR) is 71.1 cm³/mol. The highest BCUT2D eigenvalue weighted by atomic mass is 16.5. The van der Waals surface area contributed by atoms with Crippen LogP contribution in [0.1, 0.15) is 39.0 Å². The van der Waals surface area contributed by atoms with Crippen molar-refractivity contribution in [1.82, 2.24) is 0 Å². The summed E-state index contributed by atoms with van der Waals surface area (Å²) in [7, 11) is 0. The molecule has 3 nitrogen and oxygen atoms in total. The number of hydrogen-bond acceptors (Lipinski definition) is 3. The lowest BCUT2D eigenvalue weighted by atomic mass is 9.95. The van der Waals surface area contributed by atoms with Crippen LogP contribution < -0.4 is 9.47 Å². The van der Waals surface area contributed by atoms with E-state index in [9.17, 15) is 5.11 Å². The molecule has 0 bridgehead atoms. The lowest BCUT2D eigenvalue weighted by molar-refractivity contribution is 0.0536. The molecule has 1 aromatic rings. The first-order valence-corrected chi connectivity index (χ1v) is 6.85. The molecule has 0 spiro atoms. The van der Waals surface area contributed by atoms with Crippen LogP contribution >= 0.6 is 0 Å². The standard InChI is InChI=1S/C15H22O3/c1-2-10-17-13-6-8-14(9-7-13)18-15-5-3-4-12(16)11-15/h6-9,12,15-16H,2-5,10-11H2,1H3. The Hall–Kier alpha value is -1.22. The molecule has 100 valence electrons. The minimum atomic E-state index is -0.198. The summed E-state index contributed by atoms with van der Waals surface area (Å²) in [5.41, 5.74) is 0. The zero-order valence-electron chi connectivity index (χ0n) is 11.0. The van der Waals surface area contributed by atoms with E-state index in [0.29, 0.717) is 0 Å². The van der Waals surface area contributed by atoms with Gasteiger partial charge in [-0.1, -0.05) is 6.92 Å². The van der Waals surface area contributed by atoms with Gasteiger partial charge < -0.3 is 14.6 Å². The fraction of sp³-hybridized carbons (Fsp3) is 0.600. The van der Waals surface area contributed by atoms with Gasteiger partial charge in [0.25, 0.3) is 0 Å². The van der Waals surface area contributed by atoms with Crippen LogP contribution in [-0.2, 0) is 0 Å². The minimum Gasteiger partial charge on any atom is -0.494 e. The quantitative estimate of drug-likeness (QED) is 0.872. The van der Waals surface area contributed by atoms with E-state index < -0.39 is 0 Å². The second kappa shape index (κ2) is 6.64. The number of aliphatic hydroxyl groups is 1. The summed E-state index contributed by atoms with van der Waals surface area (Å²) in [5, 5.41) is 9.60. The highest BCUT2D eigenvalue weighted by Crippen LogP contribution is 2.25. The van der Waals surface area contributed by atoms with E-state index in [1.54, 1.807) is 0 Å². The Morgan fingerprint density at radius 1 is 1.17 bits per heavy atom. The van der Waals surface area contributed by atoms with Crippen LogP contribution in [0.3, 0.4) is 0 Å². The van der Waals surface area contributed by atoms with E-state index in [0.717, 1.165) is 50.2 Å². The molecule has 2 unspecified atom stereocenters. The fourth-order valence-corrected chi connectivity index (χ4v) is 2.25. The average Bonchev–Trinajstić information content (AvgIpc) is 2.38. The molecule has 2 rings (SSSR count). The molecule has 18 heavy (non-hydrogen) atoms. The van der Waals surface area contributed by atoms with Gasteiger partial charge in [-0.25, -0.2) is 0 Å². The molecule has 0 aromatic heterocycles. The van der Waals surface area contributed by atoms with Gasteiger partial charge in [-0.3, -0.25) is 0 Å². The first-order chi connectivity index (χ1) is 8.78. The smallest absolute Gasteiger partial charge is 0.119 e. The summed E-state index contributed by atoms with van der Waals surface area (Å²) in [6, 6.07) is 7.74. The molecule has 1 saturated carbocycles. The first kappa shape index (κ1) is 13.2. The summed E-state index contributed by atoms with van der Waals surface area (Å²) in [4.78, 5) is 0. The van der Waals surface area contributed by atoms with Crippen molar-refractivity contribution in [3.63, 3.8) is 0 Å². The van der Waals surface area contributed by atoms with E-state index in [2.05, 4.69) is 6.92 Å². The van der Waals surface area contributed by atoms with Gasteiger partial charge in [0.1, 0.15) is 17.6 Å². The summed E-state index contributed by atoms with van der Waals surface area (Å²) in [6.07, 6.45) is 4.69. The Labute approximate surface area is 109 Å². The number of ether oxygens (including phenoxy) is 2. The third-order valence-corrected chi connectivity index (χ3v) is 3.20. The van der Waals surface area contributed by atoms with Gasteiger partial charge in [-0.05, 0) is 49.9 Å². The van der Waals surface area contributed by atoms with Crippen LogP contribution in [0.15, 0.2) is 24.3 Å². The number of aliphatic hydroxyl groups excluding tert-OH is 1. The van der Waals surface area contributed by atoms with E-state index in [1.807, 2.05) is 24.3 Å². The minimum absolute atomic E-state index is 0.149. The monoisotopic (exact) mass is 250 g/mol. The zero-order chi connectivity index (χ0) is 12.8. The Morgan fingerprint density at radius 3 is 2.56 bits per heavy atom. The van der Waals surface area contributed by atoms with Gasteiger partial charge in [0.2, 0.25) is 0 Å². The molecular weight excluding hydrogens is 228 g/mol. The molecule has 1 fully saturated rings. The van der Waals surface area contributed by atoms with Crippen molar-refractivity contribution in [1.29, 1.82) is 0 Å². The average molecular weight is 250 g/mol. The van der Waals surface area contributed by atoms with Gasteiger partial charge in [0.05, 0.1) is 12.7 Å². The molecule has 0 aliphatic heterocycles. The van der Waals surface area contributed by atoms with E-state index in [4.69, 9.17) is 9.47 Å². The first-order valence-electron chi connectivity index (χ1n) is 6.85. The molecule has 2 atom stereocenters. The summed E-state index contributed by atoms with van der Waals surface area (Å²) in [6.45, 7) is 2.83. The maximum Gasteiger partial charge on any atom is 0.119 e. The van der Waals surface area contributed by atoms with E-state index in [1.165, 1.54) is 0 Å². The molecule has 0 saturated heterocycles. The molecule has 1 aromatic carbocycles. The number of hydrogen-bond donors (Lipinski definition) is 1. The molecular formula is C15H22O3. The zero-order valence-corrected chi connectivity index (χ0v) is 11.0. The Kier molecular flexibility index (Phi) is 4.88. The molecule has 1 aliphatic carbocycles. The van der Waals surface area contributed by atoms with Crippen LogP contribution in [-0.4, -0.2) is 23.9 Å². The van der Waals surface area contributed by atoms with Crippen molar-refractivity contribution < 1.29 is 14.6 Å². The second-order valence-corrected chi connectivity index (χ2v) is 4.88. The summed E-state index contributed by atoms with van der Waals surface area (Å²) >= 11 is 0.